The molecule has 3 rings (SSSR count). The summed E-state index contributed by atoms with van der Waals surface area (Å²) in [5, 5.41) is 0. The Labute approximate surface area is 125 Å². The Morgan fingerprint density at radius 1 is 1.52 bits per heavy atom. The van der Waals surface area contributed by atoms with Crippen LogP contribution in [0, 0.1) is 5.92 Å². The van der Waals surface area contributed by atoms with Crippen LogP contribution in [0.25, 0.3) is 0 Å². The predicted molar refractivity (Wildman–Crippen MR) is 79.2 cm³/mol. The summed E-state index contributed by atoms with van der Waals surface area (Å²) in [6.07, 6.45) is 4.91. The molecule has 0 spiro atoms. The number of rotatable bonds is 3. The van der Waals surface area contributed by atoms with E-state index in [4.69, 9.17) is 14.5 Å². The molecule has 1 aromatic heterocycles. The smallest absolute Gasteiger partial charge is 0.256 e. The van der Waals surface area contributed by atoms with Crippen LogP contribution in [-0.4, -0.2) is 23.2 Å². The largest absolute Gasteiger partial charge is 0.376 e. The van der Waals surface area contributed by atoms with Crippen LogP contribution in [0.3, 0.4) is 0 Å². The minimum atomic E-state index is -0.418. The second kappa shape index (κ2) is 5.89. The van der Waals surface area contributed by atoms with Crippen molar-refractivity contribution in [3.63, 3.8) is 0 Å². The number of hydrogen-bond acceptors (Lipinski definition) is 4. The van der Waals surface area contributed by atoms with Gasteiger partial charge in [0.25, 0.3) is 5.56 Å². The fourth-order valence-corrected chi connectivity index (χ4v) is 3.65. The summed E-state index contributed by atoms with van der Waals surface area (Å²) in [5.41, 5.74) is 1.09. The predicted octanol–water partition coefficient (Wildman–Crippen LogP) is 2.28. The quantitative estimate of drug-likeness (QED) is 0.928. The van der Waals surface area contributed by atoms with E-state index in [1.54, 1.807) is 0 Å². The van der Waals surface area contributed by atoms with Crippen LogP contribution in [0.4, 0.5) is 0 Å². The van der Waals surface area contributed by atoms with E-state index < -0.39 is 5.60 Å². The lowest BCUT2D eigenvalue weighted by Crippen LogP contribution is -2.40. The monoisotopic (exact) mass is 292 g/mol. The van der Waals surface area contributed by atoms with E-state index in [2.05, 4.69) is 11.9 Å². The lowest BCUT2D eigenvalue weighted by Gasteiger charge is -2.39. The van der Waals surface area contributed by atoms with Gasteiger partial charge in [-0.3, -0.25) is 4.79 Å². The van der Waals surface area contributed by atoms with E-state index in [9.17, 15) is 4.79 Å². The zero-order valence-electron chi connectivity index (χ0n) is 12.9. The Bertz CT molecular complexity index is 565. The number of nitrogens with one attached hydrogen (secondary N) is 1. The molecule has 0 saturated heterocycles. The summed E-state index contributed by atoms with van der Waals surface area (Å²) >= 11 is 0. The first-order valence-electron chi connectivity index (χ1n) is 7.99. The number of aromatic amines is 1. The van der Waals surface area contributed by atoms with E-state index >= 15 is 0 Å². The first kappa shape index (κ1) is 14.7. The van der Waals surface area contributed by atoms with Crippen LogP contribution >= 0.6 is 0 Å². The third-order valence-corrected chi connectivity index (χ3v) is 4.64. The van der Waals surface area contributed by atoms with Crippen LogP contribution in [0.2, 0.25) is 0 Å². The molecule has 21 heavy (non-hydrogen) atoms. The topological polar surface area (TPSA) is 64.2 Å². The molecule has 2 unspecified atom stereocenters. The Balaban J connectivity index is 2.03. The number of aromatic nitrogens is 2. The van der Waals surface area contributed by atoms with Crippen molar-refractivity contribution in [3.05, 3.63) is 27.4 Å². The van der Waals surface area contributed by atoms with Gasteiger partial charge in [0.15, 0.2) is 0 Å². The van der Waals surface area contributed by atoms with Gasteiger partial charge < -0.3 is 14.5 Å². The van der Waals surface area contributed by atoms with Gasteiger partial charge in [-0.25, -0.2) is 4.98 Å². The number of fused-ring (bicyclic) bond motifs is 1. The summed E-state index contributed by atoms with van der Waals surface area (Å²) < 4.78 is 11.5. The normalized spacial score (nSPS) is 29.1. The molecule has 5 nitrogen and oxygen atoms in total. The highest BCUT2D eigenvalue weighted by atomic mass is 16.5. The third-order valence-electron chi connectivity index (χ3n) is 4.64. The molecule has 5 heteroatoms. The van der Waals surface area contributed by atoms with Gasteiger partial charge in [-0.2, -0.15) is 0 Å². The van der Waals surface area contributed by atoms with Crippen molar-refractivity contribution in [2.45, 2.75) is 58.2 Å². The molecule has 2 heterocycles. The van der Waals surface area contributed by atoms with Crippen molar-refractivity contribution >= 4 is 0 Å². The Kier molecular flexibility index (Phi) is 4.13. The van der Waals surface area contributed by atoms with Crippen molar-refractivity contribution in [3.8, 4) is 0 Å². The molecule has 2 atom stereocenters. The molecular weight excluding hydrogens is 268 g/mol. The summed E-state index contributed by atoms with van der Waals surface area (Å²) in [6, 6.07) is 0. The van der Waals surface area contributed by atoms with Gasteiger partial charge in [-0.15, -0.1) is 0 Å². The number of nitrogens with zero attached hydrogens (tertiary/aromatic N) is 1. The molecule has 0 radical (unpaired) electrons. The van der Waals surface area contributed by atoms with E-state index in [1.807, 2.05) is 6.92 Å². The van der Waals surface area contributed by atoms with E-state index in [0.29, 0.717) is 37.7 Å². The van der Waals surface area contributed by atoms with E-state index in [1.165, 1.54) is 6.42 Å². The molecule has 1 saturated carbocycles. The Morgan fingerprint density at radius 3 is 3.14 bits per heavy atom. The molecule has 0 bridgehead atoms. The molecule has 1 aromatic rings. The van der Waals surface area contributed by atoms with Crippen molar-refractivity contribution in [2.24, 2.45) is 5.92 Å². The van der Waals surface area contributed by atoms with Crippen molar-refractivity contribution in [1.29, 1.82) is 0 Å². The maximum Gasteiger partial charge on any atom is 0.256 e. The SMILES string of the molecule is CCOC1(c2nc3c(c(=O)[nH]2)COCC3)CCCC(C)C1. The first-order chi connectivity index (χ1) is 10.1. The molecule has 0 amide bonds. The van der Waals surface area contributed by atoms with Gasteiger partial charge in [-0.1, -0.05) is 13.3 Å². The van der Waals surface area contributed by atoms with Gasteiger partial charge in [0.2, 0.25) is 0 Å². The highest BCUT2D eigenvalue weighted by molar-refractivity contribution is 5.21. The van der Waals surface area contributed by atoms with Crippen molar-refractivity contribution < 1.29 is 9.47 Å². The van der Waals surface area contributed by atoms with Gasteiger partial charge >= 0.3 is 0 Å². The number of hydrogen-bond donors (Lipinski definition) is 1. The molecule has 0 aromatic carbocycles. The minimum absolute atomic E-state index is 0.0630. The zero-order valence-corrected chi connectivity index (χ0v) is 12.9. The molecular formula is C16H24N2O3. The lowest BCUT2D eigenvalue weighted by atomic mass is 9.78. The highest BCUT2D eigenvalue weighted by Gasteiger charge is 2.40. The summed E-state index contributed by atoms with van der Waals surface area (Å²) in [4.78, 5) is 20.1. The summed E-state index contributed by atoms with van der Waals surface area (Å²) in [5.74, 6) is 1.32. The van der Waals surface area contributed by atoms with E-state index in [0.717, 1.165) is 30.8 Å². The molecule has 1 aliphatic heterocycles. The van der Waals surface area contributed by atoms with Gasteiger partial charge in [0.1, 0.15) is 11.4 Å². The van der Waals surface area contributed by atoms with Crippen molar-refractivity contribution in [2.75, 3.05) is 13.2 Å². The molecule has 2 aliphatic rings. The number of ether oxygens (including phenoxy) is 2. The number of H-pyrrole nitrogens is 1. The summed E-state index contributed by atoms with van der Waals surface area (Å²) in [7, 11) is 0. The fraction of sp³-hybridized carbons (Fsp3) is 0.750. The maximum atomic E-state index is 12.3. The van der Waals surface area contributed by atoms with Gasteiger partial charge in [0, 0.05) is 13.0 Å². The van der Waals surface area contributed by atoms with Crippen LogP contribution in [-0.2, 0) is 28.1 Å². The Hall–Kier alpha value is -1.20. The second-order valence-electron chi connectivity index (χ2n) is 6.27. The van der Waals surface area contributed by atoms with Crippen LogP contribution in [0.15, 0.2) is 4.79 Å². The average molecular weight is 292 g/mol. The molecule has 1 fully saturated rings. The lowest BCUT2D eigenvalue weighted by molar-refractivity contribution is -0.0885. The third kappa shape index (κ3) is 2.77. The average Bonchev–Trinajstić information content (AvgIpc) is 2.47. The van der Waals surface area contributed by atoms with Gasteiger partial charge in [-0.05, 0) is 32.1 Å². The molecule has 116 valence electrons. The highest BCUT2D eigenvalue weighted by Crippen LogP contribution is 2.41. The van der Waals surface area contributed by atoms with Crippen LogP contribution in [0.5, 0.6) is 0 Å². The van der Waals surface area contributed by atoms with Crippen LogP contribution in [0.1, 0.15) is 56.6 Å². The maximum absolute atomic E-state index is 12.3. The zero-order chi connectivity index (χ0) is 14.9. The minimum Gasteiger partial charge on any atom is -0.376 e. The standard InChI is InChI=1S/C16H24N2O3/c1-3-21-16(7-4-5-11(2)9-16)15-17-13-6-8-20-10-12(13)14(19)18-15/h11H,3-10H2,1-2H3,(H,17,18,19). The molecule has 1 N–H and O–H groups in total. The Morgan fingerprint density at radius 2 is 2.38 bits per heavy atom. The van der Waals surface area contributed by atoms with Gasteiger partial charge in [0.05, 0.1) is 24.5 Å². The van der Waals surface area contributed by atoms with E-state index in [-0.39, 0.29) is 5.56 Å². The first-order valence-corrected chi connectivity index (χ1v) is 7.99. The van der Waals surface area contributed by atoms with Crippen LogP contribution < -0.4 is 5.56 Å². The molecule has 1 aliphatic carbocycles. The fourth-order valence-electron chi connectivity index (χ4n) is 3.65. The summed E-state index contributed by atoms with van der Waals surface area (Å²) in [6.45, 7) is 5.90. The van der Waals surface area contributed by atoms with Crippen molar-refractivity contribution in [1.82, 2.24) is 9.97 Å². The second-order valence-corrected chi connectivity index (χ2v) is 6.27.